The van der Waals surface area contributed by atoms with Crippen LogP contribution < -0.4 is 9.64 Å². The molecule has 0 bridgehead atoms. The molecule has 2 unspecified atom stereocenters. The number of carbonyl (C=O) groups excluding carboxylic acids is 3. The van der Waals surface area contributed by atoms with E-state index in [9.17, 15) is 14.4 Å². The highest BCUT2D eigenvalue weighted by Crippen LogP contribution is 2.46. The lowest BCUT2D eigenvalue weighted by Gasteiger charge is -2.28. The fourth-order valence-electron chi connectivity index (χ4n) is 4.24. The molecule has 2 aromatic carbocycles. The second kappa shape index (κ2) is 7.50. The number of Topliss-reactive ketones (excluding diaryl/α,β-unsaturated/α-hetero) is 2. The molecule has 7 nitrogen and oxygen atoms in total. The van der Waals surface area contributed by atoms with Gasteiger partial charge in [0, 0.05) is 28.8 Å². The summed E-state index contributed by atoms with van der Waals surface area (Å²) in [5.74, 6) is -2.14. The molecule has 156 valence electrons. The van der Waals surface area contributed by atoms with Crippen LogP contribution in [0.2, 0.25) is 0 Å². The Labute approximate surface area is 178 Å². The largest absolute Gasteiger partial charge is 0.496 e. The van der Waals surface area contributed by atoms with E-state index < -0.39 is 23.7 Å². The minimum absolute atomic E-state index is 0.145. The van der Waals surface area contributed by atoms with Crippen LogP contribution in [-0.4, -0.2) is 29.7 Å². The van der Waals surface area contributed by atoms with E-state index in [0.29, 0.717) is 22.7 Å². The topological polar surface area (TPSA) is 89.7 Å². The predicted octanol–water partition coefficient (Wildman–Crippen LogP) is 3.60. The van der Waals surface area contributed by atoms with E-state index >= 15 is 0 Å². The standard InChI is InChI=1S/C24H20N2O5/c1-30-19-5-3-2-4-17(19)21-20(22(27)15-6-7-15)23(28)24(29)26(21)16-10-8-14(9-11-16)18-12-13-31-25-18/h2-5,8-13,15,20-21H,6-7H2,1H3. The highest BCUT2D eigenvalue weighted by Gasteiger charge is 2.55. The van der Waals surface area contributed by atoms with Gasteiger partial charge in [-0.25, -0.2) is 0 Å². The third kappa shape index (κ3) is 3.22. The van der Waals surface area contributed by atoms with Crippen molar-refractivity contribution in [3.8, 4) is 17.0 Å². The molecule has 5 rings (SSSR count). The Balaban J connectivity index is 1.60. The van der Waals surface area contributed by atoms with Crippen LogP contribution in [-0.2, 0) is 14.4 Å². The summed E-state index contributed by atoms with van der Waals surface area (Å²) in [5, 5.41) is 3.92. The number of aromatic nitrogens is 1. The molecule has 1 aliphatic carbocycles. The molecule has 3 aromatic rings. The Bertz CT molecular complexity index is 1150. The summed E-state index contributed by atoms with van der Waals surface area (Å²) in [6.45, 7) is 0. The van der Waals surface area contributed by atoms with Crippen molar-refractivity contribution in [2.45, 2.75) is 18.9 Å². The average molecular weight is 416 g/mol. The summed E-state index contributed by atoms with van der Waals surface area (Å²) in [7, 11) is 1.53. The van der Waals surface area contributed by atoms with Gasteiger partial charge in [0.25, 0.3) is 5.91 Å². The molecule has 2 aliphatic rings. The van der Waals surface area contributed by atoms with E-state index in [4.69, 9.17) is 9.26 Å². The van der Waals surface area contributed by atoms with Crippen molar-refractivity contribution < 1.29 is 23.6 Å². The van der Waals surface area contributed by atoms with Crippen LogP contribution >= 0.6 is 0 Å². The Hall–Kier alpha value is -3.74. The fourth-order valence-corrected chi connectivity index (χ4v) is 4.24. The Morgan fingerprint density at radius 1 is 1.06 bits per heavy atom. The summed E-state index contributed by atoms with van der Waals surface area (Å²) in [6.07, 6.45) is 3.02. The van der Waals surface area contributed by atoms with Crippen molar-refractivity contribution >= 4 is 23.2 Å². The maximum Gasteiger partial charge on any atom is 0.295 e. The van der Waals surface area contributed by atoms with Crippen LogP contribution in [0.3, 0.4) is 0 Å². The lowest BCUT2D eigenvalue weighted by molar-refractivity contribution is -0.139. The lowest BCUT2D eigenvalue weighted by Crippen LogP contribution is -2.31. The molecule has 2 heterocycles. The van der Waals surface area contributed by atoms with Crippen molar-refractivity contribution in [3.63, 3.8) is 0 Å². The molecular weight excluding hydrogens is 396 g/mol. The van der Waals surface area contributed by atoms with Gasteiger partial charge in [-0.2, -0.15) is 0 Å². The number of ether oxygens (including phenoxy) is 1. The second-order valence-electron chi connectivity index (χ2n) is 7.81. The molecule has 0 spiro atoms. The maximum atomic E-state index is 13.1. The lowest BCUT2D eigenvalue weighted by atomic mass is 9.87. The SMILES string of the molecule is COc1ccccc1C1C(C(=O)C2CC2)C(=O)C(=O)N1c1ccc(-c2ccon2)cc1. The quantitative estimate of drug-likeness (QED) is 0.451. The van der Waals surface area contributed by atoms with Gasteiger partial charge in [0.15, 0.2) is 0 Å². The Kier molecular flexibility index (Phi) is 4.66. The monoisotopic (exact) mass is 416 g/mol. The number of carbonyl (C=O) groups is 3. The highest BCUT2D eigenvalue weighted by atomic mass is 16.5. The van der Waals surface area contributed by atoms with Crippen LogP contribution in [0.25, 0.3) is 11.3 Å². The molecular formula is C24H20N2O5. The predicted molar refractivity (Wildman–Crippen MR) is 111 cm³/mol. The van der Waals surface area contributed by atoms with Crippen LogP contribution in [0.15, 0.2) is 65.4 Å². The van der Waals surface area contributed by atoms with Crippen molar-refractivity contribution in [1.29, 1.82) is 0 Å². The number of methoxy groups -OCH3 is 1. The average Bonchev–Trinajstić information content (AvgIpc) is 3.45. The smallest absolute Gasteiger partial charge is 0.295 e. The number of anilines is 1. The number of hydrogen-bond acceptors (Lipinski definition) is 6. The van der Waals surface area contributed by atoms with E-state index in [-0.39, 0.29) is 11.7 Å². The number of benzene rings is 2. The van der Waals surface area contributed by atoms with Gasteiger partial charge in [-0.15, -0.1) is 0 Å². The molecule has 2 fully saturated rings. The molecule has 1 saturated heterocycles. The van der Waals surface area contributed by atoms with Gasteiger partial charge in [0.1, 0.15) is 29.4 Å². The van der Waals surface area contributed by atoms with E-state index in [1.54, 1.807) is 42.5 Å². The first-order chi connectivity index (χ1) is 15.1. The van der Waals surface area contributed by atoms with Crippen molar-refractivity contribution in [3.05, 3.63) is 66.4 Å². The van der Waals surface area contributed by atoms with E-state index in [0.717, 1.165) is 18.4 Å². The summed E-state index contributed by atoms with van der Waals surface area (Å²) in [4.78, 5) is 40.6. The van der Waals surface area contributed by atoms with Gasteiger partial charge in [-0.1, -0.05) is 35.5 Å². The Morgan fingerprint density at radius 3 is 2.45 bits per heavy atom. The molecule has 1 aromatic heterocycles. The van der Waals surface area contributed by atoms with Crippen LogP contribution in [0, 0.1) is 11.8 Å². The number of ketones is 2. The molecule has 0 N–H and O–H groups in total. The van der Waals surface area contributed by atoms with Crippen LogP contribution in [0.4, 0.5) is 5.69 Å². The van der Waals surface area contributed by atoms with E-state index in [1.807, 2.05) is 12.1 Å². The van der Waals surface area contributed by atoms with E-state index in [2.05, 4.69) is 5.16 Å². The molecule has 0 radical (unpaired) electrons. The molecule has 1 saturated carbocycles. The fraction of sp³-hybridized carbons (Fsp3) is 0.250. The second-order valence-corrected chi connectivity index (χ2v) is 7.81. The van der Waals surface area contributed by atoms with Gasteiger partial charge < -0.3 is 9.26 Å². The minimum atomic E-state index is -1.04. The Morgan fingerprint density at radius 2 is 1.81 bits per heavy atom. The van der Waals surface area contributed by atoms with Gasteiger partial charge in [-0.05, 0) is 31.0 Å². The maximum absolute atomic E-state index is 13.1. The minimum Gasteiger partial charge on any atom is -0.496 e. The zero-order valence-corrected chi connectivity index (χ0v) is 16.9. The zero-order chi connectivity index (χ0) is 21.5. The number of rotatable bonds is 6. The first-order valence-corrected chi connectivity index (χ1v) is 10.1. The summed E-state index contributed by atoms with van der Waals surface area (Å²) in [6, 6.07) is 15.3. The normalized spacial score (nSPS) is 20.9. The first kappa shape index (κ1) is 19.2. The van der Waals surface area contributed by atoms with E-state index in [1.165, 1.54) is 18.3 Å². The molecule has 1 aliphatic heterocycles. The van der Waals surface area contributed by atoms with Crippen molar-refractivity contribution in [2.75, 3.05) is 12.0 Å². The van der Waals surface area contributed by atoms with Gasteiger partial charge in [-0.3, -0.25) is 19.3 Å². The summed E-state index contributed by atoms with van der Waals surface area (Å²) < 4.78 is 10.4. The zero-order valence-electron chi connectivity index (χ0n) is 16.9. The third-order valence-electron chi connectivity index (χ3n) is 5.93. The first-order valence-electron chi connectivity index (χ1n) is 10.1. The van der Waals surface area contributed by atoms with Crippen LogP contribution in [0.5, 0.6) is 5.75 Å². The third-order valence-corrected chi connectivity index (χ3v) is 5.93. The number of hydrogen-bond donors (Lipinski definition) is 0. The van der Waals surface area contributed by atoms with Gasteiger partial charge >= 0.3 is 0 Å². The molecule has 7 heteroatoms. The number of nitrogens with zero attached hydrogens (tertiary/aromatic N) is 2. The molecule has 1 amide bonds. The highest BCUT2D eigenvalue weighted by molar-refractivity contribution is 6.48. The number of para-hydroxylation sites is 1. The number of amides is 1. The summed E-state index contributed by atoms with van der Waals surface area (Å²) in [5.41, 5.74) is 2.66. The van der Waals surface area contributed by atoms with Gasteiger partial charge in [0.05, 0.1) is 13.2 Å². The van der Waals surface area contributed by atoms with Gasteiger partial charge in [0.2, 0.25) is 5.78 Å². The summed E-state index contributed by atoms with van der Waals surface area (Å²) >= 11 is 0. The van der Waals surface area contributed by atoms with Crippen molar-refractivity contribution in [2.24, 2.45) is 11.8 Å². The molecule has 31 heavy (non-hydrogen) atoms. The molecule has 2 atom stereocenters. The van der Waals surface area contributed by atoms with Crippen LogP contribution in [0.1, 0.15) is 24.4 Å². The van der Waals surface area contributed by atoms with Crippen molar-refractivity contribution in [1.82, 2.24) is 5.16 Å².